The molecule has 1 aromatic carbocycles. The summed E-state index contributed by atoms with van der Waals surface area (Å²) in [5.41, 5.74) is 7.51. The van der Waals surface area contributed by atoms with Gasteiger partial charge in [-0.05, 0) is 30.2 Å². The number of nitrogens with one attached hydrogen (secondary N) is 1. The van der Waals surface area contributed by atoms with E-state index in [1.807, 2.05) is 19.1 Å². The number of hydrogen-bond acceptors (Lipinski definition) is 6. The van der Waals surface area contributed by atoms with E-state index in [-0.39, 0.29) is 34.9 Å². The Kier molecular flexibility index (Phi) is 7.09. The average Bonchev–Trinajstić information content (AvgIpc) is 2.53. The highest BCUT2D eigenvalue weighted by Gasteiger charge is 2.16. The number of sulfonamides is 1. The van der Waals surface area contributed by atoms with Crippen molar-refractivity contribution in [3.05, 3.63) is 53.7 Å². The lowest BCUT2D eigenvalue weighted by atomic mass is 10.1. The molecule has 7 nitrogen and oxygen atoms in total. The molecule has 3 N–H and O–H groups in total. The Morgan fingerprint density at radius 1 is 1.08 bits per heavy atom. The molecule has 0 aliphatic heterocycles. The second kappa shape index (κ2) is 8.24. The van der Waals surface area contributed by atoms with Gasteiger partial charge in [-0.25, -0.2) is 26.5 Å². The molecule has 0 saturated heterocycles. The largest absolute Gasteiger partial charge is 0.324 e. The molecule has 1 aromatic heterocycles. The molecular weight excluding hydrogens is 386 g/mol. The lowest BCUT2D eigenvalue weighted by molar-refractivity contribution is 0.579. The number of aromatic nitrogens is 1. The number of hydrogen-bond donors (Lipinski definition) is 2. The normalized spacial score (nSPS) is 13.1. The fraction of sp³-hybridized carbons (Fsp3) is 0.267. The molecule has 10 heteroatoms. The molecular formula is C15H20ClN3O4S2. The highest BCUT2D eigenvalue weighted by atomic mass is 35.5. The molecule has 1 heterocycles. The minimum Gasteiger partial charge on any atom is -0.324 e. The van der Waals surface area contributed by atoms with Gasteiger partial charge in [0.25, 0.3) is 0 Å². The van der Waals surface area contributed by atoms with Gasteiger partial charge >= 0.3 is 0 Å². The maximum absolute atomic E-state index is 12.2. The number of benzene rings is 1. The minimum absolute atomic E-state index is 0. The van der Waals surface area contributed by atoms with Crippen LogP contribution >= 0.6 is 12.4 Å². The van der Waals surface area contributed by atoms with Gasteiger partial charge in [0.05, 0.1) is 0 Å². The summed E-state index contributed by atoms with van der Waals surface area (Å²) in [6.07, 6.45) is 2.03. The lowest BCUT2D eigenvalue weighted by Crippen LogP contribution is -2.23. The third kappa shape index (κ3) is 5.75. The average molecular weight is 406 g/mol. The highest BCUT2D eigenvalue weighted by molar-refractivity contribution is 7.90. The van der Waals surface area contributed by atoms with Gasteiger partial charge in [-0.15, -0.1) is 12.4 Å². The van der Waals surface area contributed by atoms with Crippen LogP contribution in [0.2, 0.25) is 0 Å². The van der Waals surface area contributed by atoms with E-state index in [4.69, 9.17) is 5.73 Å². The second-order valence-electron chi connectivity index (χ2n) is 5.46. The molecule has 2 rings (SSSR count). The molecule has 25 heavy (non-hydrogen) atoms. The molecule has 0 amide bonds. The molecule has 0 radical (unpaired) electrons. The monoisotopic (exact) mass is 405 g/mol. The molecule has 138 valence electrons. The maximum atomic E-state index is 12.2. The van der Waals surface area contributed by atoms with Crippen molar-refractivity contribution in [1.82, 2.24) is 9.71 Å². The quantitative estimate of drug-likeness (QED) is 0.749. The summed E-state index contributed by atoms with van der Waals surface area (Å²) in [6.45, 7) is 1.97. The number of rotatable bonds is 6. The fourth-order valence-electron chi connectivity index (χ4n) is 1.95. The van der Waals surface area contributed by atoms with Crippen LogP contribution in [0.1, 0.15) is 24.1 Å². The number of pyridine rings is 1. The summed E-state index contributed by atoms with van der Waals surface area (Å²) in [5, 5.41) is -0.173. The summed E-state index contributed by atoms with van der Waals surface area (Å²) in [5.74, 6) is 0. The number of sulfone groups is 1. The van der Waals surface area contributed by atoms with Crippen molar-refractivity contribution in [2.75, 3.05) is 6.26 Å². The number of nitrogens with two attached hydrogens (primary N) is 1. The van der Waals surface area contributed by atoms with Crippen LogP contribution in [0.25, 0.3) is 0 Å². The van der Waals surface area contributed by atoms with Gasteiger partial charge in [-0.1, -0.05) is 24.3 Å². The molecule has 0 fully saturated rings. The maximum Gasteiger partial charge on any atom is 0.242 e. The smallest absolute Gasteiger partial charge is 0.242 e. The van der Waals surface area contributed by atoms with Crippen LogP contribution in [0.4, 0.5) is 0 Å². The Hall–Kier alpha value is -1.52. The van der Waals surface area contributed by atoms with Gasteiger partial charge in [-0.2, -0.15) is 0 Å². The van der Waals surface area contributed by atoms with Crippen molar-refractivity contribution in [1.29, 1.82) is 0 Å². The standard InChI is InChI=1S/C15H19N3O4S2.ClH/c1-11(16)13-5-3-12(4-6-13)9-18-24(21,22)14-7-8-15(17-10-14)23(2,19)20;/h3-8,10-11,18H,9,16H2,1-2H3;1H. The minimum atomic E-state index is -3.78. The van der Waals surface area contributed by atoms with Crippen molar-refractivity contribution >= 4 is 32.3 Å². The zero-order chi connectivity index (χ0) is 18.0. The van der Waals surface area contributed by atoms with E-state index < -0.39 is 19.9 Å². The summed E-state index contributed by atoms with van der Waals surface area (Å²) in [6, 6.07) is 9.58. The SMILES string of the molecule is CC(N)c1ccc(CNS(=O)(=O)c2ccc(S(C)(=O)=O)nc2)cc1.Cl. The Balaban J connectivity index is 0.00000312. The fourth-order valence-corrected chi connectivity index (χ4v) is 3.47. The molecule has 1 unspecified atom stereocenters. The van der Waals surface area contributed by atoms with Crippen molar-refractivity contribution in [3.8, 4) is 0 Å². The van der Waals surface area contributed by atoms with Crippen LogP contribution in [0, 0.1) is 0 Å². The first kappa shape index (κ1) is 21.5. The Bertz CT molecular complexity index is 910. The first-order chi connectivity index (χ1) is 11.1. The van der Waals surface area contributed by atoms with Crippen LogP contribution < -0.4 is 10.5 Å². The molecule has 0 spiro atoms. The molecule has 1 atom stereocenters. The van der Waals surface area contributed by atoms with Gasteiger partial charge < -0.3 is 5.73 Å². The zero-order valence-electron chi connectivity index (χ0n) is 13.7. The summed E-state index contributed by atoms with van der Waals surface area (Å²) in [7, 11) is -7.25. The van der Waals surface area contributed by atoms with Gasteiger partial charge in [0, 0.05) is 25.0 Å². The third-order valence-electron chi connectivity index (χ3n) is 3.37. The van der Waals surface area contributed by atoms with Crippen molar-refractivity contribution in [2.45, 2.75) is 29.4 Å². The Morgan fingerprint density at radius 3 is 2.12 bits per heavy atom. The van der Waals surface area contributed by atoms with E-state index >= 15 is 0 Å². The van der Waals surface area contributed by atoms with E-state index in [0.29, 0.717) is 0 Å². The topological polar surface area (TPSA) is 119 Å². The number of halogens is 1. The first-order valence-electron chi connectivity index (χ1n) is 7.10. The van der Waals surface area contributed by atoms with Crippen molar-refractivity contribution in [3.63, 3.8) is 0 Å². The first-order valence-corrected chi connectivity index (χ1v) is 10.5. The van der Waals surface area contributed by atoms with Crippen molar-refractivity contribution < 1.29 is 16.8 Å². The van der Waals surface area contributed by atoms with E-state index in [1.165, 1.54) is 12.1 Å². The number of nitrogens with zero attached hydrogens (tertiary/aromatic N) is 1. The van der Waals surface area contributed by atoms with E-state index in [1.54, 1.807) is 12.1 Å². The lowest BCUT2D eigenvalue weighted by Gasteiger charge is -2.09. The van der Waals surface area contributed by atoms with Crippen LogP contribution in [0.3, 0.4) is 0 Å². The summed E-state index contributed by atoms with van der Waals surface area (Å²) >= 11 is 0. The molecule has 0 saturated carbocycles. The highest BCUT2D eigenvalue weighted by Crippen LogP contribution is 2.13. The van der Waals surface area contributed by atoms with Gasteiger partial charge in [0.1, 0.15) is 4.90 Å². The predicted octanol–water partition coefficient (Wildman–Crippen LogP) is 1.41. The van der Waals surface area contributed by atoms with Gasteiger partial charge in [0.15, 0.2) is 14.9 Å². The van der Waals surface area contributed by atoms with Gasteiger partial charge in [-0.3, -0.25) is 0 Å². The van der Waals surface area contributed by atoms with Crippen LogP contribution in [0.5, 0.6) is 0 Å². The molecule has 0 aliphatic rings. The van der Waals surface area contributed by atoms with Crippen LogP contribution in [0.15, 0.2) is 52.5 Å². The van der Waals surface area contributed by atoms with E-state index in [2.05, 4.69) is 9.71 Å². The Labute approximate surface area is 154 Å². The van der Waals surface area contributed by atoms with E-state index in [9.17, 15) is 16.8 Å². The van der Waals surface area contributed by atoms with Crippen molar-refractivity contribution in [2.24, 2.45) is 5.73 Å². The molecule has 0 aliphatic carbocycles. The van der Waals surface area contributed by atoms with Gasteiger partial charge in [0.2, 0.25) is 10.0 Å². The summed E-state index contributed by atoms with van der Waals surface area (Å²) < 4.78 is 49.6. The zero-order valence-corrected chi connectivity index (χ0v) is 16.2. The molecule has 0 bridgehead atoms. The molecule has 2 aromatic rings. The van der Waals surface area contributed by atoms with E-state index in [0.717, 1.165) is 23.6 Å². The van der Waals surface area contributed by atoms with Crippen LogP contribution in [-0.2, 0) is 26.4 Å². The summed E-state index contributed by atoms with van der Waals surface area (Å²) in [4.78, 5) is 3.59. The second-order valence-corrected chi connectivity index (χ2v) is 9.19. The van der Waals surface area contributed by atoms with Crippen LogP contribution in [-0.4, -0.2) is 28.1 Å². The Morgan fingerprint density at radius 2 is 1.68 bits per heavy atom. The predicted molar refractivity (Wildman–Crippen MR) is 97.7 cm³/mol. The third-order valence-corrected chi connectivity index (χ3v) is 5.76.